The summed E-state index contributed by atoms with van der Waals surface area (Å²) in [7, 11) is 0. The number of allylic oxidation sites excluding steroid dienone is 10. The lowest BCUT2D eigenvalue weighted by Crippen LogP contribution is -2.30. The van der Waals surface area contributed by atoms with E-state index in [9.17, 15) is 14.4 Å². The normalized spacial score (nSPS) is 12.5. The molecule has 0 fully saturated rings. The first-order valence-corrected chi connectivity index (χ1v) is 28.3. The SMILES string of the molecule is CC/C=C\C/C=C\C/C=C\C/C=C\CCCCCCCCC(=O)OCC(COC(=O)CCCCCCCCCCCCCCC)OC(=O)CCCCCCC/C=C\CCCCCCCCC. The largest absolute Gasteiger partial charge is 0.462 e. The zero-order chi connectivity index (χ0) is 47.9. The number of ether oxygens (including phenoxy) is 3. The summed E-state index contributed by atoms with van der Waals surface area (Å²) in [6, 6.07) is 0. The van der Waals surface area contributed by atoms with E-state index >= 15 is 0 Å². The second-order valence-electron chi connectivity index (χ2n) is 18.8. The van der Waals surface area contributed by atoms with Gasteiger partial charge in [0.15, 0.2) is 6.10 Å². The van der Waals surface area contributed by atoms with Gasteiger partial charge in [0, 0.05) is 19.3 Å². The molecule has 0 aromatic heterocycles. The van der Waals surface area contributed by atoms with E-state index in [-0.39, 0.29) is 31.1 Å². The maximum absolute atomic E-state index is 12.8. The molecule has 0 bridgehead atoms. The van der Waals surface area contributed by atoms with Gasteiger partial charge in [-0.3, -0.25) is 14.4 Å². The standard InChI is InChI=1S/C60H106O6/c1-4-7-10-13-16-19-22-25-27-29-30-31-33-35-38-41-44-47-50-53-59(62)65-56-57(55-64-58(61)52-49-46-43-40-37-34-24-21-18-15-12-9-6-3)66-60(63)54-51-48-45-42-39-36-32-28-26-23-20-17-14-11-8-5-2/h7,10,16,19,25,27-28,30-32,57H,4-6,8-9,11-15,17-18,20-24,26,29,33-56H2,1-3H3/b10-7-,19-16-,27-25-,31-30-,32-28-. The van der Waals surface area contributed by atoms with Crippen molar-refractivity contribution in [2.75, 3.05) is 13.2 Å². The molecule has 0 aliphatic heterocycles. The molecule has 0 radical (unpaired) electrons. The zero-order valence-electron chi connectivity index (χ0n) is 43.7. The van der Waals surface area contributed by atoms with E-state index in [2.05, 4.69) is 81.5 Å². The molecular weight excluding hydrogens is 817 g/mol. The summed E-state index contributed by atoms with van der Waals surface area (Å²) in [5.41, 5.74) is 0. The Bertz CT molecular complexity index is 1200. The molecule has 0 saturated heterocycles. The highest BCUT2D eigenvalue weighted by molar-refractivity contribution is 5.71. The minimum Gasteiger partial charge on any atom is -0.462 e. The number of esters is 3. The maximum Gasteiger partial charge on any atom is 0.306 e. The van der Waals surface area contributed by atoms with E-state index in [0.717, 1.165) is 103 Å². The Balaban J connectivity index is 4.39. The summed E-state index contributed by atoms with van der Waals surface area (Å²) < 4.78 is 16.8. The molecule has 0 aromatic rings. The first kappa shape index (κ1) is 63.1. The van der Waals surface area contributed by atoms with Crippen molar-refractivity contribution in [2.45, 2.75) is 290 Å². The van der Waals surface area contributed by atoms with E-state index in [1.807, 2.05) is 0 Å². The fourth-order valence-corrected chi connectivity index (χ4v) is 8.02. The van der Waals surface area contributed by atoms with Crippen molar-refractivity contribution in [1.29, 1.82) is 0 Å². The molecule has 0 rings (SSSR count). The number of hydrogen-bond acceptors (Lipinski definition) is 6. The van der Waals surface area contributed by atoms with E-state index < -0.39 is 6.10 Å². The number of hydrogen-bond donors (Lipinski definition) is 0. The molecular formula is C60H106O6. The molecule has 0 heterocycles. The van der Waals surface area contributed by atoms with Gasteiger partial charge < -0.3 is 14.2 Å². The van der Waals surface area contributed by atoms with Crippen molar-refractivity contribution in [1.82, 2.24) is 0 Å². The molecule has 1 unspecified atom stereocenters. The third-order valence-electron chi connectivity index (χ3n) is 12.3. The van der Waals surface area contributed by atoms with Crippen molar-refractivity contribution in [3.8, 4) is 0 Å². The summed E-state index contributed by atoms with van der Waals surface area (Å²) in [5.74, 6) is -0.892. The third kappa shape index (κ3) is 52.1. The van der Waals surface area contributed by atoms with E-state index in [1.165, 1.54) is 141 Å². The molecule has 6 heteroatoms. The number of carbonyl (C=O) groups is 3. The molecule has 66 heavy (non-hydrogen) atoms. The van der Waals surface area contributed by atoms with Crippen molar-refractivity contribution in [3.63, 3.8) is 0 Å². The minimum absolute atomic E-state index is 0.0797. The highest BCUT2D eigenvalue weighted by atomic mass is 16.6. The molecule has 0 aliphatic rings. The summed E-state index contributed by atoms with van der Waals surface area (Å²) >= 11 is 0. The zero-order valence-corrected chi connectivity index (χ0v) is 43.7. The Kier molecular flexibility index (Phi) is 52.3. The van der Waals surface area contributed by atoms with Gasteiger partial charge in [-0.1, -0.05) is 242 Å². The average Bonchev–Trinajstić information content (AvgIpc) is 3.31. The predicted octanol–water partition coefficient (Wildman–Crippen LogP) is 18.8. The lowest BCUT2D eigenvalue weighted by atomic mass is 10.0. The summed E-state index contributed by atoms with van der Waals surface area (Å²) in [6.07, 6.45) is 67.7. The second kappa shape index (κ2) is 54.7. The van der Waals surface area contributed by atoms with Gasteiger partial charge in [-0.2, -0.15) is 0 Å². The van der Waals surface area contributed by atoms with Gasteiger partial charge in [0.25, 0.3) is 0 Å². The Labute approximate surface area is 409 Å². The van der Waals surface area contributed by atoms with Gasteiger partial charge in [-0.05, 0) is 83.5 Å². The lowest BCUT2D eigenvalue weighted by Gasteiger charge is -2.18. The number of rotatable bonds is 51. The minimum atomic E-state index is -0.782. The summed E-state index contributed by atoms with van der Waals surface area (Å²) in [6.45, 7) is 6.53. The van der Waals surface area contributed by atoms with Crippen molar-refractivity contribution < 1.29 is 28.6 Å². The average molecular weight is 924 g/mol. The molecule has 0 aliphatic carbocycles. The van der Waals surface area contributed by atoms with Crippen LogP contribution in [0.3, 0.4) is 0 Å². The van der Waals surface area contributed by atoms with Crippen LogP contribution < -0.4 is 0 Å². The monoisotopic (exact) mass is 923 g/mol. The predicted molar refractivity (Wildman–Crippen MR) is 284 cm³/mol. The van der Waals surface area contributed by atoms with Crippen LogP contribution in [-0.2, 0) is 28.6 Å². The number of carbonyl (C=O) groups excluding carboxylic acids is 3. The van der Waals surface area contributed by atoms with Crippen molar-refractivity contribution in [3.05, 3.63) is 60.8 Å². The molecule has 1 atom stereocenters. The van der Waals surface area contributed by atoms with Crippen LogP contribution in [0.5, 0.6) is 0 Å². The first-order chi connectivity index (χ1) is 32.5. The third-order valence-corrected chi connectivity index (χ3v) is 12.3. The number of unbranched alkanes of at least 4 members (excludes halogenated alkanes) is 30. The molecule has 0 aromatic carbocycles. The van der Waals surface area contributed by atoms with E-state index in [1.54, 1.807) is 0 Å². The first-order valence-electron chi connectivity index (χ1n) is 28.3. The molecule has 0 saturated carbocycles. The molecule has 0 N–H and O–H groups in total. The highest BCUT2D eigenvalue weighted by Crippen LogP contribution is 2.15. The van der Waals surface area contributed by atoms with Crippen LogP contribution in [0.1, 0.15) is 284 Å². The topological polar surface area (TPSA) is 78.9 Å². The van der Waals surface area contributed by atoms with Gasteiger partial charge in [0.05, 0.1) is 0 Å². The fraction of sp³-hybridized carbons (Fsp3) is 0.783. The van der Waals surface area contributed by atoms with Crippen LogP contribution in [-0.4, -0.2) is 37.2 Å². The van der Waals surface area contributed by atoms with Crippen LogP contribution in [0.15, 0.2) is 60.8 Å². The summed E-state index contributed by atoms with van der Waals surface area (Å²) in [4.78, 5) is 38.1. The lowest BCUT2D eigenvalue weighted by molar-refractivity contribution is -0.167. The summed E-state index contributed by atoms with van der Waals surface area (Å²) in [5, 5.41) is 0. The quantitative estimate of drug-likeness (QED) is 0.0262. The van der Waals surface area contributed by atoms with Gasteiger partial charge in [0.2, 0.25) is 0 Å². The van der Waals surface area contributed by atoms with Gasteiger partial charge in [-0.25, -0.2) is 0 Å². The van der Waals surface area contributed by atoms with Gasteiger partial charge >= 0.3 is 17.9 Å². The van der Waals surface area contributed by atoms with Gasteiger partial charge in [0.1, 0.15) is 13.2 Å². The van der Waals surface area contributed by atoms with Crippen LogP contribution in [0.2, 0.25) is 0 Å². The Morgan fingerprint density at radius 3 is 0.939 bits per heavy atom. The maximum atomic E-state index is 12.8. The van der Waals surface area contributed by atoms with Gasteiger partial charge in [-0.15, -0.1) is 0 Å². The molecule has 6 nitrogen and oxygen atoms in total. The highest BCUT2D eigenvalue weighted by Gasteiger charge is 2.19. The fourth-order valence-electron chi connectivity index (χ4n) is 8.02. The molecule has 382 valence electrons. The molecule has 0 amide bonds. The van der Waals surface area contributed by atoms with Crippen LogP contribution in [0, 0.1) is 0 Å². The molecule has 0 spiro atoms. The Hall–Kier alpha value is -2.89. The van der Waals surface area contributed by atoms with Crippen LogP contribution in [0.25, 0.3) is 0 Å². The van der Waals surface area contributed by atoms with Crippen molar-refractivity contribution in [2.24, 2.45) is 0 Å². The van der Waals surface area contributed by atoms with Crippen molar-refractivity contribution >= 4 is 17.9 Å². The Morgan fingerprint density at radius 1 is 0.318 bits per heavy atom. The van der Waals surface area contributed by atoms with Crippen LogP contribution in [0.4, 0.5) is 0 Å². The van der Waals surface area contributed by atoms with E-state index in [4.69, 9.17) is 14.2 Å². The van der Waals surface area contributed by atoms with Crippen LogP contribution >= 0.6 is 0 Å². The smallest absolute Gasteiger partial charge is 0.306 e. The van der Waals surface area contributed by atoms with E-state index in [0.29, 0.717) is 19.3 Å². The Morgan fingerprint density at radius 2 is 0.591 bits per heavy atom. The second-order valence-corrected chi connectivity index (χ2v) is 18.8.